The Labute approximate surface area is 155 Å². The number of halogens is 1. The third-order valence-corrected chi connectivity index (χ3v) is 6.64. The van der Waals surface area contributed by atoms with Gasteiger partial charge < -0.3 is 15.7 Å². The smallest absolute Gasteiger partial charge is 0.341 e. The van der Waals surface area contributed by atoms with Crippen molar-refractivity contribution in [3.63, 3.8) is 0 Å². The van der Waals surface area contributed by atoms with Crippen molar-refractivity contribution in [2.75, 3.05) is 18.0 Å². The fourth-order valence-corrected chi connectivity index (χ4v) is 4.82. The highest BCUT2D eigenvalue weighted by atomic mass is 19.1. The van der Waals surface area contributed by atoms with Gasteiger partial charge in [-0.3, -0.25) is 9.20 Å². The number of rotatable bonds is 3. The summed E-state index contributed by atoms with van der Waals surface area (Å²) >= 11 is 0. The van der Waals surface area contributed by atoms with Crippen molar-refractivity contribution in [1.29, 1.82) is 0 Å². The molecular weight excluding hydrogens is 349 g/mol. The van der Waals surface area contributed by atoms with E-state index in [1.807, 2.05) is 11.8 Å². The molecule has 3 fully saturated rings. The predicted molar refractivity (Wildman–Crippen MR) is 99.2 cm³/mol. The lowest BCUT2D eigenvalue weighted by Gasteiger charge is -2.24. The van der Waals surface area contributed by atoms with E-state index in [0.717, 1.165) is 50.5 Å². The number of carboxylic acid groups (broad SMARTS) is 1. The number of hydrogen-bond acceptors (Lipinski definition) is 4. The fraction of sp³-hybridized carbons (Fsp3) is 0.500. The van der Waals surface area contributed by atoms with Crippen LogP contribution in [0.4, 0.5) is 10.1 Å². The van der Waals surface area contributed by atoms with E-state index in [0.29, 0.717) is 16.8 Å². The Hall–Kier alpha value is -2.41. The predicted octanol–water partition coefficient (Wildman–Crippen LogP) is 2.25. The highest BCUT2D eigenvalue weighted by Crippen LogP contribution is 2.53. The molecule has 2 aliphatic carbocycles. The molecule has 1 aliphatic heterocycles. The fourth-order valence-electron chi connectivity index (χ4n) is 4.82. The summed E-state index contributed by atoms with van der Waals surface area (Å²) < 4.78 is 16.3. The van der Waals surface area contributed by atoms with Gasteiger partial charge in [0.1, 0.15) is 5.56 Å². The molecule has 142 valence electrons. The van der Waals surface area contributed by atoms with Crippen molar-refractivity contribution in [2.24, 2.45) is 11.1 Å². The second-order valence-corrected chi connectivity index (χ2v) is 8.41. The van der Waals surface area contributed by atoms with Gasteiger partial charge in [-0.25, -0.2) is 9.18 Å². The van der Waals surface area contributed by atoms with Crippen LogP contribution in [-0.2, 0) is 0 Å². The first kappa shape index (κ1) is 16.7. The second-order valence-electron chi connectivity index (χ2n) is 8.41. The maximum absolute atomic E-state index is 15.1. The zero-order valence-corrected chi connectivity index (χ0v) is 15.2. The number of aromatic nitrogens is 1. The standard InChI is InChI=1S/C20H22FN3O3/c1-10-16-12(11-2-3-11)6-13(19(26)27)18(25)24(16)8-14(21)17(10)23-5-4-20(9-23)7-15(20)22/h6,8,11,15H,2-5,7,9,22H2,1H3,(H,26,27)/t15-,20?/m1/s1. The third kappa shape index (κ3) is 2.34. The van der Waals surface area contributed by atoms with Gasteiger partial charge in [-0.15, -0.1) is 0 Å². The van der Waals surface area contributed by atoms with Crippen LogP contribution in [0.3, 0.4) is 0 Å². The summed E-state index contributed by atoms with van der Waals surface area (Å²) in [6, 6.07) is 1.68. The lowest BCUT2D eigenvalue weighted by molar-refractivity contribution is 0.0694. The minimum Gasteiger partial charge on any atom is -0.477 e. The molecule has 2 atom stereocenters. The van der Waals surface area contributed by atoms with Gasteiger partial charge in [-0.2, -0.15) is 0 Å². The Morgan fingerprint density at radius 3 is 2.67 bits per heavy atom. The number of pyridine rings is 2. The minimum absolute atomic E-state index is 0.108. The van der Waals surface area contributed by atoms with Crippen molar-refractivity contribution < 1.29 is 14.3 Å². The van der Waals surface area contributed by atoms with Crippen LogP contribution in [0.2, 0.25) is 0 Å². The molecule has 2 saturated carbocycles. The van der Waals surface area contributed by atoms with Gasteiger partial charge in [0.15, 0.2) is 5.82 Å². The zero-order valence-electron chi connectivity index (χ0n) is 15.2. The summed E-state index contributed by atoms with van der Waals surface area (Å²) in [6.07, 6.45) is 5.02. The van der Waals surface area contributed by atoms with E-state index < -0.39 is 17.3 Å². The van der Waals surface area contributed by atoms with E-state index in [4.69, 9.17) is 5.73 Å². The number of nitrogens with two attached hydrogens (primary N) is 1. The van der Waals surface area contributed by atoms with Crippen LogP contribution < -0.4 is 16.2 Å². The molecule has 3 heterocycles. The van der Waals surface area contributed by atoms with Gasteiger partial charge in [0.25, 0.3) is 5.56 Å². The normalized spacial score (nSPS) is 26.9. The molecule has 1 saturated heterocycles. The van der Waals surface area contributed by atoms with Crippen LogP contribution in [0, 0.1) is 18.2 Å². The molecule has 6 nitrogen and oxygen atoms in total. The van der Waals surface area contributed by atoms with Crippen LogP contribution in [0.25, 0.3) is 5.52 Å². The highest BCUT2D eigenvalue weighted by molar-refractivity contribution is 5.89. The van der Waals surface area contributed by atoms with E-state index in [-0.39, 0.29) is 22.9 Å². The summed E-state index contributed by atoms with van der Waals surface area (Å²) in [4.78, 5) is 26.2. The van der Waals surface area contributed by atoms with E-state index in [1.54, 1.807) is 0 Å². The Bertz CT molecular complexity index is 1060. The van der Waals surface area contributed by atoms with E-state index in [2.05, 4.69) is 0 Å². The number of fused-ring (bicyclic) bond motifs is 1. The molecule has 0 radical (unpaired) electrons. The van der Waals surface area contributed by atoms with Crippen molar-refractivity contribution in [3.8, 4) is 0 Å². The van der Waals surface area contributed by atoms with Crippen molar-refractivity contribution in [2.45, 2.75) is 44.6 Å². The van der Waals surface area contributed by atoms with Crippen molar-refractivity contribution in [1.82, 2.24) is 4.40 Å². The maximum atomic E-state index is 15.1. The number of hydrogen-bond donors (Lipinski definition) is 2. The van der Waals surface area contributed by atoms with Gasteiger partial charge >= 0.3 is 5.97 Å². The van der Waals surface area contributed by atoms with Crippen LogP contribution in [-0.4, -0.2) is 34.6 Å². The summed E-state index contributed by atoms with van der Waals surface area (Å²) in [5.41, 5.74) is 7.93. The number of aryl methyl sites for hydroxylation is 1. The van der Waals surface area contributed by atoms with Gasteiger partial charge in [0, 0.05) is 24.5 Å². The molecular formula is C20H22FN3O3. The molecule has 3 aliphatic rings. The summed E-state index contributed by atoms with van der Waals surface area (Å²) in [6.45, 7) is 3.31. The lowest BCUT2D eigenvalue weighted by Crippen LogP contribution is -2.28. The molecule has 2 aromatic heterocycles. The van der Waals surface area contributed by atoms with Crippen LogP contribution in [0.1, 0.15) is 53.1 Å². The van der Waals surface area contributed by atoms with Gasteiger partial charge in [0.2, 0.25) is 0 Å². The van der Waals surface area contributed by atoms with Crippen molar-refractivity contribution in [3.05, 3.63) is 45.1 Å². The molecule has 5 rings (SSSR count). The summed E-state index contributed by atoms with van der Waals surface area (Å²) in [7, 11) is 0. The third-order valence-electron chi connectivity index (χ3n) is 6.64. The second kappa shape index (κ2) is 5.32. The average Bonchev–Trinajstić information content (AvgIpc) is 3.49. The molecule has 0 amide bonds. The Morgan fingerprint density at radius 2 is 2.11 bits per heavy atom. The topological polar surface area (TPSA) is 88.0 Å². The molecule has 1 unspecified atom stereocenters. The average molecular weight is 371 g/mol. The Kier molecular flexibility index (Phi) is 3.30. The number of aromatic carboxylic acids is 1. The first-order valence-electron chi connectivity index (χ1n) is 9.44. The first-order valence-corrected chi connectivity index (χ1v) is 9.44. The largest absolute Gasteiger partial charge is 0.477 e. The quantitative estimate of drug-likeness (QED) is 0.864. The number of anilines is 1. The van der Waals surface area contributed by atoms with E-state index in [9.17, 15) is 14.7 Å². The van der Waals surface area contributed by atoms with Gasteiger partial charge in [0.05, 0.1) is 17.4 Å². The molecule has 3 N–H and O–H groups in total. The highest BCUT2D eigenvalue weighted by Gasteiger charge is 2.55. The maximum Gasteiger partial charge on any atom is 0.341 e. The van der Waals surface area contributed by atoms with E-state index >= 15 is 4.39 Å². The lowest BCUT2D eigenvalue weighted by atomic mass is 10.0. The summed E-state index contributed by atoms with van der Waals surface area (Å²) in [5.74, 6) is -1.53. The number of nitrogens with zero attached hydrogens (tertiary/aromatic N) is 2. The monoisotopic (exact) mass is 371 g/mol. The molecule has 0 aromatic carbocycles. The number of carbonyl (C=O) groups is 1. The van der Waals surface area contributed by atoms with Crippen molar-refractivity contribution >= 4 is 17.2 Å². The van der Waals surface area contributed by atoms with Crippen LogP contribution in [0.5, 0.6) is 0 Å². The van der Waals surface area contributed by atoms with Gasteiger partial charge in [-0.05, 0) is 55.7 Å². The molecule has 1 spiro atoms. The summed E-state index contributed by atoms with van der Waals surface area (Å²) in [5, 5.41) is 9.38. The number of carboxylic acids is 1. The zero-order chi connectivity index (χ0) is 19.1. The SMILES string of the molecule is Cc1c(N2CCC3(C[C@H]3N)C2)c(F)cn2c(=O)c(C(=O)O)cc(C3CC3)c12. The molecule has 27 heavy (non-hydrogen) atoms. The minimum atomic E-state index is -1.28. The van der Waals surface area contributed by atoms with E-state index in [1.165, 1.54) is 10.5 Å². The molecule has 2 aromatic rings. The molecule has 7 heteroatoms. The first-order chi connectivity index (χ1) is 12.8. The van der Waals surface area contributed by atoms with Crippen LogP contribution >= 0.6 is 0 Å². The van der Waals surface area contributed by atoms with Crippen LogP contribution in [0.15, 0.2) is 17.1 Å². The Balaban J connectivity index is 1.73. The Morgan fingerprint density at radius 1 is 1.41 bits per heavy atom. The molecule has 0 bridgehead atoms. The van der Waals surface area contributed by atoms with Gasteiger partial charge in [-0.1, -0.05) is 0 Å².